The molecule has 8 nitrogen and oxygen atoms in total. The van der Waals surface area contributed by atoms with Crippen molar-refractivity contribution in [1.29, 1.82) is 0 Å². The molecule has 3 aromatic rings. The maximum atomic E-state index is 12.9. The summed E-state index contributed by atoms with van der Waals surface area (Å²) in [6.07, 6.45) is 1.99. The van der Waals surface area contributed by atoms with Crippen LogP contribution in [0.1, 0.15) is 11.1 Å². The minimum Gasteiger partial charge on any atom is -0.484 e. The average Bonchev–Trinajstić information content (AvgIpc) is 2.85. The summed E-state index contributed by atoms with van der Waals surface area (Å²) in [6, 6.07) is 21.6. The Hall–Kier alpha value is -4.53. The zero-order chi connectivity index (χ0) is 24.2. The fourth-order valence-corrected chi connectivity index (χ4v) is 2.79. The van der Waals surface area contributed by atoms with Gasteiger partial charge < -0.3 is 15.4 Å². The van der Waals surface area contributed by atoms with Crippen LogP contribution in [0.15, 0.2) is 84.0 Å². The largest absolute Gasteiger partial charge is 0.484 e. The van der Waals surface area contributed by atoms with Gasteiger partial charge in [-0.2, -0.15) is 5.10 Å². The van der Waals surface area contributed by atoms with Crippen molar-refractivity contribution < 1.29 is 23.5 Å². The molecule has 3 amide bonds. The van der Waals surface area contributed by atoms with Crippen LogP contribution in [0.2, 0.25) is 0 Å². The maximum Gasteiger partial charge on any atom is 0.329 e. The second-order valence-electron chi connectivity index (χ2n) is 7.10. The number of rotatable bonds is 9. The molecule has 0 aromatic heterocycles. The highest BCUT2D eigenvalue weighted by molar-refractivity contribution is 6.35. The van der Waals surface area contributed by atoms with Crippen LogP contribution in [-0.4, -0.2) is 37.1 Å². The summed E-state index contributed by atoms with van der Waals surface area (Å²) in [7, 11) is 0. The molecule has 0 aliphatic heterocycles. The number of halogens is 1. The lowest BCUT2D eigenvalue weighted by Gasteiger charge is -2.07. The molecule has 0 fully saturated rings. The molecule has 0 spiro atoms. The molecule has 9 heteroatoms. The van der Waals surface area contributed by atoms with Gasteiger partial charge in [0.05, 0.1) is 6.21 Å². The molecule has 3 rings (SSSR count). The van der Waals surface area contributed by atoms with Gasteiger partial charge in [-0.3, -0.25) is 14.4 Å². The van der Waals surface area contributed by atoms with Gasteiger partial charge in [-0.15, -0.1) is 0 Å². The van der Waals surface area contributed by atoms with E-state index in [4.69, 9.17) is 4.74 Å². The summed E-state index contributed by atoms with van der Waals surface area (Å²) in [5.74, 6) is -1.96. The van der Waals surface area contributed by atoms with Crippen molar-refractivity contribution in [2.24, 2.45) is 5.10 Å². The zero-order valence-corrected chi connectivity index (χ0v) is 18.2. The van der Waals surface area contributed by atoms with Gasteiger partial charge in [-0.25, -0.2) is 9.82 Å². The standard InChI is InChI=1S/C25H23FN4O4/c26-20-8-10-21(11-9-20)29-23(31)17-34-22-12-6-19(7-13-22)16-28-30-25(33)24(32)27-15-14-18-4-2-1-3-5-18/h1-13,16H,14-15,17H2,(H,27,32)(H,29,31)(H,30,33)/b28-16-. The number of ether oxygens (including phenoxy) is 1. The van der Waals surface area contributed by atoms with Crippen LogP contribution >= 0.6 is 0 Å². The van der Waals surface area contributed by atoms with Gasteiger partial charge in [0.1, 0.15) is 11.6 Å². The van der Waals surface area contributed by atoms with E-state index in [1.165, 1.54) is 30.5 Å². The first-order valence-electron chi connectivity index (χ1n) is 10.4. The lowest BCUT2D eigenvalue weighted by atomic mass is 10.1. The van der Waals surface area contributed by atoms with Gasteiger partial charge in [0.15, 0.2) is 6.61 Å². The number of nitrogens with zero attached hydrogens (tertiary/aromatic N) is 1. The van der Waals surface area contributed by atoms with Crippen molar-refractivity contribution in [1.82, 2.24) is 10.7 Å². The molecule has 0 radical (unpaired) electrons. The third-order valence-electron chi connectivity index (χ3n) is 4.51. The second kappa shape index (κ2) is 12.5. The Kier molecular flexibility index (Phi) is 8.86. The van der Waals surface area contributed by atoms with Crippen molar-refractivity contribution in [3.05, 3.63) is 95.8 Å². The van der Waals surface area contributed by atoms with E-state index in [9.17, 15) is 18.8 Å². The molecule has 0 heterocycles. The molecule has 0 aliphatic carbocycles. The van der Waals surface area contributed by atoms with Crippen LogP contribution in [0.3, 0.4) is 0 Å². The molecule has 0 saturated carbocycles. The lowest BCUT2D eigenvalue weighted by Crippen LogP contribution is -2.38. The number of anilines is 1. The van der Waals surface area contributed by atoms with Crippen molar-refractivity contribution in [2.45, 2.75) is 6.42 Å². The molecule has 0 aliphatic rings. The van der Waals surface area contributed by atoms with Crippen LogP contribution < -0.4 is 20.8 Å². The van der Waals surface area contributed by atoms with E-state index in [2.05, 4.69) is 21.2 Å². The number of hydrogen-bond donors (Lipinski definition) is 3. The van der Waals surface area contributed by atoms with Crippen LogP contribution in [0.25, 0.3) is 0 Å². The molecule has 0 saturated heterocycles. The summed E-state index contributed by atoms with van der Waals surface area (Å²) in [5.41, 5.74) is 4.34. The van der Waals surface area contributed by atoms with E-state index in [1.54, 1.807) is 24.3 Å². The normalized spacial score (nSPS) is 10.5. The third-order valence-corrected chi connectivity index (χ3v) is 4.51. The number of benzene rings is 3. The van der Waals surface area contributed by atoms with Gasteiger partial charge in [0.2, 0.25) is 0 Å². The molecule has 34 heavy (non-hydrogen) atoms. The Morgan fingerprint density at radius 3 is 2.29 bits per heavy atom. The average molecular weight is 462 g/mol. The van der Waals surface area contributed by atoms with Crippen LogP contribution in [0, 0.1) is 5.82 Å². The van der Waals surface area contributed by atoms with E-state index in [-0.39, 0.29) is 18.3 Å². The number of amides is 3. The molecular formula is C25H23FN4O4. The van der Waals surface area contributed by atoms with Crippen LogP contribution in [0.4, 0.5) is 10.1 Å². The van der Waals surface area contributed by atoms with Crippen molar-refractivity contribution in [2.75, 3.05) is 18.5 Å². The predicted molar refractivity (Wildman–Crippen MR) is 126 cm³/mol. The number of carbonyl (C=O) groups is 3. The first-order valence-corrected chi connectivity index (χ1v) is 10.4. The Morgan fingerprint density at radius 1 is 0.882 bits per heavy atom. The maximum absolute atomic E-state index is 12.9. The molecule has 0 bridgehead atoms. The smallest absolute Gasteiger partial charge is 0.329 e. The Bertz CT molecular complexity index is 1130. The van der Waals surface area contributed by atoms with Gasteiger partial charge in [0.25, 0.3) is 5.91 Å². The SMILES string of the molecule is O=C(COc1ccc(/C=N\NC(=O)C(=O)NCCc2ccccc2)cc1)Nc1ccc(F)cc1. The number of hydrazone groups is 1. The fraction of sp³-hybridized carbons (Fsp3) is 0.120. The first-order chi connectivity index (χ1) is 16.5. The van der Waals surface area contributed by atoms with Crippen molar-refractivity contribution in [3.63, 3.8) is 0 Å². The van der Waals surface area contributed by atoms with Crippen molar-refractivity contribution in [3.8, 4) is 5.75 Å². The van der Waals surface area contributed by atoms with Gasteiger partial charge in [-0.05, 0) is 66.1 Å². The van der Waals surface area contributed by atoms with Gasteiger partial charge in [0, 0.05) is 12.2 Å². The summed E-state index contributed by atoms with van der Waals surface area (Å²) in [6.45, 7) is 0.115. The van der Waals surface area contributed by atoms with E-state index >= 15 is 0 Å². The molecule has 0 unspecified atom stereocenters. The Morgan fingerprint density at radius 2 is 1.59 bits per heavy atom. The molecule has 3 N–H and O–H groups in total. The summed E-state index contributed by atoms with van der Waals surface area (Å²) in [4.78, 5) is 35.5. The quantitative estimate of drug-likeness (QED) is 0.258. The van der Waals surface area contributed by atoms with E-state index in [0.29, 0.717) is 30.0 Å². The van der Waals surface area contributed by atoms with Gasteiger partial charge in [-0.1, -0.05) is 30.3 Å². The lowest BCUT2D eigenvalue weighted by molar-refractivity contribution is -0.139. The summed E-state index contributed by atoms with van der Waals surface area (Å²) in [5, 5.41) is 8.90. The highest BCUT2D eigenvalue weighted by Crippen LogP contribution is 2.12. The summed E-state index contributed by atoms with van der Waals surface area (Å²) < 4.78 is 18.3. The monoisotopic (exact) mass is 462 g/mol. The van der Waals surface area contributed by atoms with Crippen LogP contribution in [-0.2, 0) is 20.8 Å². The number of nitrogens with one attached hydrogen (secondary N) is 3. The van der Waals surface area contributed by atoms with E-state index in [1.807, 2.05) is 30.3 Å². The molecule has 174 valence electrons. The molecule has 0 atom stereocenters. The number of hydrogen-bond acceptors (Lipinski definition) is 5. The van der Waals surface area contributed by atoms with Crippen molar-refractivity contribution >= 4 is 29.6 Å². The van der Waals surface area contributed by atoms with Gasteiger partial charge >= 0.3 is 11.8 Å². The predicted octanol–water partition coefficient (Wildman–Crippen LogP) is 2.65. The second-order valence-corrected chi connectivity index (χ2v) is 7.10. The minimum absolute atomic E-state index is 0.222. The Balaban J connectivity index is 1.36. The highest BCUT2D eigenvalue weighted by atomic mass is 19.1. The zero-order valence-electron chi connectivity index (χ0n) is 18.2. The van der Waals surface area contributed by atoms with E-state index < -0.39 is 11.8 Å². The fourth-order valence-electron chi connectivity index (χ4n) is 2.79. The highest BCUT2D eigenvalue weighted by Gasteiger charge is 2.11. The van der Waals surface area contributed by atoms with Crippen LogP contribution in [0.5, 0.6) is 5.75 Å². The molecule has 3 aromatic carbocycles. The topological polar surface area (TPSA) is 109 Å². The van der Waals surface area contributed by atoms with E-state index in [0.717, 1.165) is 5.56 Å². The first kappa shape index (κ1) is 24.1. The minimum atomic E-state index is -0.864. The molecular weight excluding hydrogens is 439 g/mol. The third kappa shape index (κ3) is 8.19. The number of carbonyl (C=O) groups excluding carboxylic acids is 3. The summed E-state index contributed by atoms with van der Waals surface area (Å²) >= 11 is 0. The Labute approximate surface area is 195 Å².